The zero-order valence-electron chi connectivity index (χ0n) is 77.7. The molecule has 0 bridgehead atoms. The Labute approximate surface area is 791 Å². The lowest BCUT2D eigenvalue weighted by Gasteiger charge is -2.16. The van der Waals surface area contributed by atoms with Gasteiger partial charge in [-0.3, -0.25) is 16.0 Å². The number of hydrogen-bond acceptors (Lipinski definition) is 42. The van der Waals surface area contributed by atoms with Crippen LogP contribution in [-0.2, 0) is 14.2 Å². The fourth-order valence-corrected chi connectivity index (χ4v) is 15.8. The molecule has 0 saturated carbocycles. The Hall–Kier alpha value is -15.2. The van der Waals surface area contributed by atoms with Crippen LogP contribution in [0.4, 0.5) is 103 Å². The minimum Gasteiger partial charge on any atom is -0.496 e. The summed E-state index contributed by atoms with van der Waals surface area (Å²) in [5.74, 6) is 12.0. The van der Waals surface area contributed by atoms with Gasteiger partial charge in [0, 0.05) is 109 Å². The van der Waals surface area contributed by atoms with Crippen LogP contribution in [0.2, 0.25) is 0 Å². The third-order valence-electron chi connectivity index (χ3n) is 19.5. The number of nitrogens with one attached hydrogen (secondary N) is 9. The molecule has 9 N–H and O–H groups in total. The van der Waals surface area contributed by atoms with E-state index in [-0.39, 0.29) is 35.7 Å². The molecule has 15 rings (SSSR count). The number of benzene rings is 9. The smallest absolute Gasteiger partial charge is 0.235 e. The molecule has 39 nitrogen and oxygen atoms in total. The van der Waals surface area contributed by atoms with E-state index >= 15 is 0 Å². The number of fused-ring (bicyclic) bond motifs is 3. The molecular formula is C93H105N21O18S3. The van der Waals surface area contributed by atoms with Gasteiger partial charge in [0.15, 0.2) is 84.4 Å². The summed E-state index contributed by atoms with van der Waals surface area (Å²) in [6.07, 6.45) is 0. The van der Waals surface area contributed by atoms with Crippen molar-refractivity contribution in [1.29, 1.82) is 0 Å². The maximum absolute atomic E-state index is 5.93. The highest BCUT2D eigenvalue weighted by molar-refractivity contribution is 7.23. The number of nitrogens with zero attached hydrogens (tertiary/aromatic N) is 12. The Balaban J connectivity index is 0.000000174. The monoisotopic (exact) mass is 1900 g/mol. The first-order valence-electron chi connectivity index (χ1n) is 42.2. The molecule has 42 heteroatoms. The predicted molar refractivity (Wildman–Crippen MR) is 525 cm³/mol. The van der Waals surface area contributed by atoms with E-state index in [1.165, 1.54) is 34.0 Å². The zero-order valence-corrected chi connectivity index (χ0v) is 80.1. The normalized spacial score (nSPS) is 10.8. The van der Waals surface area contributed by atoms with Gasteiger partial charge in [0.1, 0.15) is 37.1 Å². The summed E-state index contributed by atoms with van der Waals surface area (Å²) in [5.41, 5.74) is 9.65. The fraction of sp³-hybridized carbons (Fsp3) is 0.290. The number of hydrogen-bond donors (Lipinski definition) is 9. The van der Waals surface area contributed by atoms with E-state index in [0.717, 1.165) is 81.7 Å². The number of rotatable bonds is 45. The van der Waals surface area contributed by atoms with Crippen LogP contribution in [0.5, 0.6) is 86.2 Å². The van der Waals surface area contributed by atoms with E-state index in [0.29, 0.717) is 179 Å². The van der Waals surface area contributed by atoms with E-state index < -0.39 is 0 Å². The van der Waals surface area contributed by atoms with Crippen LogP contribution in [0, 0.1) is 20.8 Å². The van der Waals surface area contributed by atoms with Gasteiger partial charge in [0.05, 0.1) is 136 Å². The van der Waals surface area contributed by atoms with Gasteiger partial charge in [-0.2, -0.15) is 44.9 Å². The van der Waals surface area contributed by atoms with Gasteiger partial charge in [-0.1, -0.05) is 34.0 Å². The van der Waals surface area contributed by atoms with Crippen LogP contribution < -0.4 is 119 Å². The molecule has 0 aliphatic carbocycles. The molecule has 6 heterocycles. The van der Waals surface area contributed by atoms with E-state index in [1.807, 2.05) is 151 Å². The molecule has 6 aromatic heterocycles. The zero-order chi connectivity index (χ0) is 95.3. The SMILES string of the molecule is CCOCCOc1cc(Nc2nc(Nc3ccc(OC)c(OCCOCC)c3)nc(Nc3ccc(OC)c(OCCOCC)c3)n2)ccc1OC.COc1cc2nc(Nc3nc(Nc4nc5cc(OC)c(OC)cc5s4)nc(Nc4nc5cc(OC)c(OC)cc5s4)n3)sc2cc1OC.COc1ccc(Nc2nc(Nc3ccc(OC)c(C)c3)nc(Nc3ccc(OC)c(C)c3)n2)cc1C. The standard InChI is InChI=1S/C36H48N6O9.C30H27N9O6S3.C27H30N6O3/c1-7-46-16-19-49-31-22-25(10-13-28(31)43-4)37-34-40-35(38-26-11-14-29(44-5)32(23-26)50-20-17-47-8-2)42-36(41-34)39-27-12-15-30(45-6)33(24-27)51-21-18-48-9-3;1-40-16-7-13-22(10-19(16)43-4)46-28(31-13)37-25-34-26(38-29-32-14-8-17(41-2)20(44-5)11-23(14)47-29)36-27(35-25)39-30-33-15-9-18(42-3)21(45-6)12-24(15)48-30;1-16-13-19(7-10-22(16)34-4)28-25-31-26(29-20-8-11-23(35-5)17(2)14-20)33-27(32-25)30-21-9-12-24(36-6)18(3)15-21/h10-15,22-24H,7-9,16-21H2,1-6H3,(H3,37,38,39,40,41,42);7-12H,1-6H3,(H3,31,32,33,34,35,36,37,38,39);7-15H,1-6H3,(H3,28,29,30,31,32,33). The molecule has 0 unspecified atom stereocenters. The van der Waals surface area contributed by atoms with Gasteiger partial charge < -0.3 is 117 Å². The molecule has 0 aliphatic rings. The van der Waals surface area contributed by atoms with Crippen LogP contribution in [0.3, 0.4) is 0 Å². The van der Waals surface area contributed by atoms with E-state index in [9.17, 15) is 0 Å². The van der Waals surface area contributed by atoms with Crippen molar-refractivity contribution >= 4 is 168 Å². The van der Waals surface area contributed by atoms with Gasteiger partial charge in [0.2, 0.25) is 53.5 Å². The Kier molecular flexibility index (Phi) is 34.4. The number of thiazole rings is 3. The highest BCUT2D eigenvalue weighted by atomic mass is 32.1. The second-order valence-corrected chi connectivity index (χ2v) is 31.5. The first-order chi connectivity index (χ1) is 65.8. The van der Waals surface area contributed by atoms with Crippen molar-refractivity contribution in [3.05, 3.63) is 162 Å². The molecule has 135 heavy (non-hydrogen) atoms. The van der Waals surface area contributed by atoms with Crippen molar-refractivity contribution in [2.75, 3.05) is 193 Å². The summed E-state index contributed by atoms with van der Waals surface area (Å²) in [6, 6.07) is 44.8. The van der Waals surface area contributed by atoms with Crippen LogP contribution in [0.25, 0.3) is 30.6 Å². The second kappa shape index (κ2) is 47.7. The fourth-order valence-electron chi connectivity index (χ4n) is 13.2. The van der Waals surface area contributed by atoms with E-state index in [4.69, 9.17) is 100 Å². The van der Waals surface area contributed by atoms with Crippen molar-refractivity contribution in [3.63, 3.8) is 0 Å². The van der Waals surface area contributed by atoms with Gasteiger partial charge in [0.25, 0.3) is 0 Å². The summed E-state index contributed by atoms with van der Waals surface area (Å²) in [5, 5.41) is 30.9. The van der Waals surface area contributed by atoms with Crippen LogP contribution in [0.15, 0.2) is 146 Å². The lowest BCUT2D eigenvalue weighted by Crippen LogP contribution is -2.09. The predicted octanol–water partition coefficient (Wildman–Crippen LogP) is 19.4. The first kappa shape index (κ1) is 97.3. The lowest BCUT2D eigenvalue weighted by atomic mass is 10.2. The molecule has 0 amide bonds. The highest BCUT2D eigenvalue weighted by Gasteiger charge is 2.22. The molecular weight excluding hydrogens is 1800 g/mol. The molecule has 0 aliphatic heterocycles. The van der Waals surface area contributed by atoms with Crippen LogP contribution >= 0.6 is 34.0 Å². The minimum atomic E-state index is 0.238. The van der Waals surface area contributed by atoms with Crippen LogP contribution in [0.1, 0.15) is 37.5 Å². The number of aromatic nitrogens is 12. The Morgan fingerprint density at radius 2 is 0.407 bits per heavy atom. The highest BCUT2D eigenvalue weighted by Crippen LogP contribution is 2.43. The summed E-state index contributed by atoms with van der Waals surface area (Å²) >= 11 is 4.24. The Bertz CT molecular complexity index is 5750. The summed E-state index contributed by atoms with van der Waals surface area (Å²) in [4.78, 5) is 55.7. The molecule has 0 radical (unpaired) electrons. The van der Waals surface area contributed by atoms with Gasteiger partial charge in [-0.25, -0.2) is 15.0 Å². The number of methoxy groups -OCH3 is 12. The van der Waals surface area contributed by atoms with Crippen molar-refractivity contribution < 1.29 is 85.3 Å². The molecule has 9 aromatic carbocycles. The van der Waals surface area contributed by atoms with E-state index in [1.54, 1.807) is 122 Å². The van der Waals surface area contributed by atoms with Crippen molar-refractivity contribution in [2.45, 2.75) is 41.5 Å². The van der Waals surface area contributed by atoms with Crippen LogP contribution in [-0.4, -0.2) is 205 Å². The molecule has 0 spiro atoms. The molecule has 15 aromatic rings. The summed E-state index contributed by atoms with van der Waals surface area (Å²) in [7, 11) is 19.2. The average molecular weight is 1900 g/mol. The molecule has 708 valence electrons. The maximum Gasteiger partial charge on any atom is 0.235 e. The van der Waals surface area contributed by atoms with Crippen molar-refractivity contribution in [2.24, 2.45) is 0 Å². The van der Waals surface area contributed by atoms with Gasteiger partial charge >= 0.3 is 0 Å². The second-order valence-electron chi connectivity index (χ2n) is 28.4. The summed E-state index contributed by atoms with van der Waals surface area (Å²) < 4.78 is 102. The number of ether oxygens (including phenoxy) is 18. The topological polar surface area (TPSA) is 429 Å². The quantitative estimate of drug-likeness (QED) is 0.0160. The van der Waals surface area contributed by atoms with Gasteiger partial charge in [-0.05, 0) is 149 Å². The Morgan fingerprint density at radius 1 is 0.207 bits per heavy atom. The van der Waals surface area contributed by atoms with Crippen molar-refractivity contribution in [1.82, 2.24) is 59.8 Å². The minimum absolute atomic E-state index is 0.238. The molecule has 0 atom stereocenters. The first-order valence-corrected chi connectivity index (χ1v) is 44.6. The number of aryl methyl sites for hydroxylation is 3. The third-order valence-corrected chi connectivity index (χ3v) is 22.3. The maximum atomic E-state index is 5.93. The molecule has 0 fully saturated rings. The number of anilines is 18. The van der Waals surface area contributed by atoms with E-state index in [2.05, 4.69) is 92.7 Å². The van der Waals surface area contributed by atoms with Gasteiger partial charge in [-0.15, -0.1) is 0 Å². The third kappa shape index (κ3) is 26.2. The Morgan fingerprint density at radius 3 is 0.615 bits per heavy atom. The summed E-state index contributed by atoms with van der Waals surface area (Å²) in [6.45, 7) is 16.0. The lowest BCUT2D eigenvalue weighted by molar-refractivity contribution is 0.109. The van der Waals surface area contributed by atoms with Crippen molar-refractivity contribution in [3.8, 4) is 86.2 Å². The molecule has 0 saturated heterocycles. The average Bonchev–Trinajstić information content (AvgIpc) is 1.68. The largest absolute Gasteiger partial charge is 0.496 e.